The molecule has 1 atom stereocenters. The molecule has 2 amide bonds. The van der Waals surface area contributed by atoms with Crippen molar-refractivity contribution < 1.29 is 9.59 Å². The normalized spacial score (nSPS) is 14.1. The molecular weight excluding hydrogens is 370 g/mol. The number of amides is 2. The lowest BCUT2D eigenvalue weighted by Gasteiger charge is -2.28. The van der Waals surface area contributed by atoms with Crippen LogP contribution < -0.4 is 5.32 Å². The number of carbonyl (C=O) groups excluding carboxylic acids is 2. The molecule has 2 heterocycles. The maximum absolute atomic E-state index is 13.0. The number of thiazole rings is 1. The predicted molar refractivity (Wildman–Crippen MR) is 110 cm³/mol. The average molecular weight is 391 g/mol. The second-order valence-electron chi connectivity index (χ2n) is 7.06. The number of rotatable bonds is 5. The van der Waals surface area contributed by atoms with Gasteiger partial charge >= 0.3 is 0 Å². The van der Waals surface area contributed by atoms with Crippen molar-refractivity contribution in [1.82, 2.24) is 9.88 Å². The molecule has 1 aliphatic rings. The molecule has 142 valence electrons. The van der Waals surface area contributed by atoms with E-state index in [-0.39, 0.29) is 24.3 Å². The third-order valence-corrected chi connectivity index (χ3v) is 5.81. The maximum atomic E-state index is 13.0. The van der Waals surface area contributed by atoms with Crippen LogP contribution in [0.2, 0.25) is 0 Å². The Morgan fingerprint density at radius 1 is 1.18 bits per heavy atom. The number of fused-ring (bicyclic) bond motifs is 1. The summed E-state index contributed by atoms with van der Waals surface area (Å²) in [5.74, 6) is -0.178. The highest BCUT2D eigenvalue weighted by atomic mass is 32.1. The summed E-state index contributed by atoms with van der Waals surface area (Å²) >= 11 is 1.40. The number of anilines is 1. The predicted octanol–water partition coefficient (Wildman–Crippen LogP) is 4.49. The van der Waals surface area contributed by atoms with E-state index in [1.165, 1.54) is 11.3 Å². The van der Waals surface area contributed by atoms with Crippen LogP contribution in [0.25, 0.3) is 0 Å². The smallest absolute Gasteiger partial charge is 0.255 e. The minimum Gasteiger partial charge on any atom is -0.327 e. The van der Waals surface area contributed by atoms with Crippen LogP contribution in [0, 0.1) is 13.8 Å². The number of aromatic nitrogens is 1. The van der Waals surface area contributed by atoms with Gasteiger partial charge in [-0.25, -0.2) is 4.98 Å². The minimum absolute atomic E-state index is 0.0286. The fourth-order valence-electron chi connectivity index (χ4n) is 3.48. The van der Waals surface area contributed by atoms with Gasteiger partial charge in [0.2, 0.25) is 5.91 Å². The van der Waals surface area contributed by atoms with Crippen LogP contribution in [-0.2, 0) is 11.3 Å². The van der Waals surface area contributed by atoms with Crippen molar-refractivity contribution in [3.8, 4) is 0 Å². The zero-order valence-electron chi connectivity index (χ0n) is 15.8. The summed E-state index contributed by atoms with van der Waals surface area (Å²) in [7, 11) is 0. The summed E-state index contributed by atoms with van der Waals surface area (Å²) in [5, 5.41) is 5.35. The van der Waals surface area contributed by atoms with E-state index in [1.54, 1.807) is 4.90 Å². The highest BCUT2D eigenvalue weighted by molar-refractivity contribution is 7.13. The molecule has 4 rings (SSSR count). The first-order valence-corrected chi connectivity index (χ1v) is 10.1. The molecule has 3 aromatic rings. The molecule has 6 heteroatoms. The van der Waals surface area contributed by atoms with Crippen LogP contribution in [0.1, 0.15) is 45.2 Å². The lowest BCUT2D eigenvalue weighted by Crippen LogP contribution is -2.32. The molecule has 0 fully saturated rings. The molecule has 1 aliphatic heterocycles. The number of nitrogens with one attached hydrogen (secondary N) is 1. The van der Waals surface area contributed by atoms with Gasteiger partial charge in [-0.15, -0.1) is 11.3 Å². The molecule has 0 bridgehead atoms. The minimum atomic E-state index is -0.332. The highest BCUT2D eigenvalue weighted by Gasteiger charge is 2.34. The Balaban J connectivity index is 1.60. The molecule has 0 unspecified atom stereocenters. The number of aryl methyl sites for hydroxylation is 2. The van der Waals surface area contributed by atoms with E-state index in [0.29, 0.717) is 11.7 Å². The molecule has 2 aromatic carbocycles. The van der Waals surface area contributed by atoms with Crippen LogP contribution in [0.15, 0.2) is 53.9 Å². The molecule has 28 heavy (non-hydrogen) atoms. The fraction of sp³-hybridized carbons (Fsp3) is 0.227. The van der Waals surface area contributed by atoms with Crippen molar-refractivity contribution in [2.24, 2.45) is 0 Å². The van der Waals surface area contributed by atoms with Gasteiger partial charge in [0.25, 0.3) is 5.91 Å². The van der Waals surface area contributed by atoms with Crippen molar-refractivity contribution in [2.75, 3.05) is 5.32 Å². The van der Waals surface area contributed by atoms with Crippen molar-refractivity contribution >= 4 is 28.3 Å². The van der Waals surface area contributed by atoms with Crippen molar-refractivity contribution in [3.63, 3.8) is 0 Å². The molecule has 5 nitrogen and oxygen atoms in total. The van der Waals surface area contributed by atoms with Crippen molar-refractivity contribution in [1.29, 1.82) is 0 Å². The number of hydrogen-bond acceptors (Lipinski definition) is 4. The largest absolute Gasteiger partial charge is 0.327 e. The van der Waals surface area contributed by atoms with E-state index in [0.717, 1.165) is 27.9 Å². The van der Waals surface area contributed by atoms with Gasteiger partial charge < -0.3 is 10.2 Å². The zero-order chi connectivity index (χ0) is 19.7. The van der Waals surface area contributed by atoms with Crippen LogP contribution in [-0.4, -0.2) is 21.7 Å². The van der Waals surface area contributed by atoms with Crippen LogP contribution in [0.5, 0.6) is 0 Å². The van der Waals surface area contributed by atoms with E-state index in [1.807, 2.05) is 67.8 Å². The van der Waals surface area contributed by atoms with E-state index in [4.69, 9.17) is 0 Å². The standard InChI is InChI=1S/C22H21N3O2S/c1-14-7-9-16(10-8-14)19(11-20(26)24-22-23-15(2)13-28-22)25-12-17-5-3-4-6-18(17)21(25)27/h3-10,13,19H,11-12H2,1-2H3,(H,23,24,26)/t19-/m0/s1. The Morgan fingerprint density at radius 3 is 2.61 bits per heavy atom. The van der Waals surface area contributed by atoms with Crippen LogP contribution in [0.3, 0.4) is 0 Å². The van der Waals surface area contributed by atoms with E-state index in [2.05, 4.69) is 10.3 Å². The van der Waals surface area contributed by atoms with Gasteiger partial charge in [-0.3, -0.25) is 9.59 Å². The van der Waals surface area contributed by atoms with Gasteiger partial charge in [0.05, 0.1) is 18.2 Å². The summed E-state index contributed by atoms with van der Waals surface area (Å²) in [6.45, 7) is 4.42. The van der Waals surface area contributed by atoms with Crippen molar-refractivity contribution in [3.05, 3.63) is 81.9 Å². The second kappa shape index (κ2) is 7.56. The first-order valence-electron chi connectivity index (χ1n) is 9.18. The third kappa shape index (κ3) is 3.68. The van der Waals surface area contributed by atoms with Crippen LogP contribution in [0.4, 0.5) is 5.13 Å². The number of benzene rings is 2. The summed E-state index contributed by atoms with van der Waals surface area (Å²) in [4.78, 5) is 31.8. The van der Waals surface area contributed by atoms with Gasteiger partial charge in [-0.2, -0.15) is 0 Å². The van der Waals surface area contributed by atoms with E-state index < -0.39 is 0 Å². The Morgan fingerprint density at radius 2 is 1.93 bits per heavy atom. The topological polar surface area (TPSA) is 62.3 Å². The van der Waals surface area contributed by atoms with Gasteiger partial charge in [0, 0.05) is 17.5 Å². The zero-order valence-corrected chi connectivity index (χ0v) is 16.6. The van der Waals surface area contributed by atoms with Gasteiger partial charge in [0.1, 0.15) is 0 Å². The lowest BCUT2D eigenvalue weighted by atomic mass is 10.0. The number of hydrogen-bond donors (Lipinski definition) is 1. The summed E-state index contributed by atoms with van der Waals surface area (Å²) in [6.07, 6.45) is 0.182. The molecular formula is C22H21N3O2S. The SMILES string of the molecule is Cc1ccc([C@H](CC(=O)Nc2nc(C)cs2)N2Cc3ccccc3C2=O)cc1. The Kier molecular flexibility index (Phi) is 4.96. The third-order valence-electron chi connectivity index (χ3n) is 4.93. The molecule has 1 N–H and O–H groups in total. The molecule has 0 spiro atoms. The molecule has 0 saturated heterocycles. The Hall–Kier alpha value is -2.99. The molecule has 0 radical (unpaired) electrons. The molecule has 0 saturated carbocycles. The molecule has 1 aromatic heterocycles. The maximum Gasteiger partial charge on any atom is 0.255 e. The number of carbonyl (C=O) groups is 2. The molecule has 0 aliphatic carbocycles. The summed E-state index contributed by atoms with van der Waals surface area (Å²) < 4.78 is 0. The van der Waals surface area contributed by atoms with Crippen LogP contribution >= 0.6 is 11.3 Å². The van der Waals surface area contributed by atoms with Gasteiger partial charge in [-0.05, 0) is 31.0 Å². The fourth-order valence-corrected chi connectivity index (χ4v) is 4.19. The first kappa shape index (κ1) is 18.4. The summed E-state index contributed by atoms with van der Waals surface area (Å²) in [6, 6.07) is 15.3. The summed E-state index contributed by atoms with van der Waals surface area (Å²) in [5.41, 5.74) is 4.69. The number of nitrogens with zero attached hydrogens (tertiary/aromatic N) is 2. The highest BCUT2D eigenvalue weighted by Crippen LogP contribution is 2.34. The first-order chi connectivity index (χ1) is 13.5. The van der Waals surface area contributed by atoms with E-state index in [9.17, 15) is 9.59 Å². The van der Waals surface area contributed by atoms with Gasteiger partial charge in [-0.1, -0.05) is 48.0 Å². The van der Waals surface area contributed by atoms with Crippen molar-refractivity contribution in [2.45, 2.75) is 32.9 Å². The quantitative estimate of drug-likeness (QED) is 0.697. The monoisotopic (exact) mass is 391 g/mol. The second-order valence-corrected chi connectivity index (χ2v) is 7.92. The van der Waals surface area contributed by atoms with E-state index >= 15 is 0 Å². The Bertz CT molecular complexity index is 1030. The average Bonchev–Trinajstić information content (AvgIpc) is 3.24. The lowest BCUT2D eigenvalue weighted by molar-refractivity contribution is -0.117. The van der Waals surface area contributed by atoms with Gasteiger partial charge in [0.15, 0.2) is 5.13 Å². The Labute approximate surface area is 168 Å².